The highest BCUT2D eigenvalue weighted by Gasteiger charge is 2.26. The third kappa shape index (κ3) is 34.3. The van der Waals surface area contributed by atoms with Gasteiger partial charge in [0.1, 0.15) is 18.1 Å². The summed E-state index contributed by atoms with van der Waals surface area (Å²) in [6.45, 7) is 3.64. The average molecular weight is 845 g/mol. The van der Waals surface area contributed by atoms with Gasteiger partial charge >= 0.3 is 23.9 Å². The minimum Gasteiger partial charge on any atom is -0.481 e. The van der Waals surface area contributed by atoms with E-state index in [2.05, 4.69) is 21.3 Å². The van der Waals surface area contributed by atoms with Gasteiger partial charge in [-0.1, -0.05) is 89.9 Å². The molecule has 59 heavy (non-hydrogen) atoms. The molecule has 0 saturated carbocycles. The lowest BCUT2D eigenvalue weighted by molar-refractivity contribution is -0.144. The molecule has 0 heterocycles. The summed E-state index contributed by atoms with van der Waals surface area (Å²) in [4.78, 5) is 95.1. The van der Waals surface area contributed by atoms with Gasteiger partial charge in [0.15, 0.2) is 0 Å². The summed E-state index contributed by atoms with van der Waals surface area (Å²) in [7, 11) is 0. The van der Waals surface area contributed by atoms with Crippen molar-refractivity contribution in [2.24, 2.45) is 0 Å². The largest absolute Gasteiger partial charge is 0.481 e. The quantitative estimate of drug-likeness (QED) is 0.0398. The van der Waals surface area contributed by atoms with Crippen LogP contribution in [0.5, 0.6) is 0 Å². The zero-order valence-electron chi connectivity index (χ0n) is 35.1. The highest BCUT2D eigenvalue weighted by atomic mass is 16.5. The first-order chi connectivity index (χ1) is 28.3. The molecule has 3 atom stereocenters. The van der Waals surface area contributed by atoms with Crippen molar-refractivity contribution in [3.05, 3.63) is 0 Å². The normalized spacial score (nSPS) is 12.5. The van der Waals surface area contributed by atoms with E-state index in [9.17, 15) is 53.7 Å². The number of hydrogen-bond acceptors (Lipinski definition) is 10. The SMILES string of the molecule is CCOCCOCCNC(=O)CC[C@H](NC(=O)CCC(NC(=O)CC[C@H](NC(=O)CCCCCCCCCCCCCCCCCCC(=O)O)C(=O)O)C(=O)O)C(=O)O. The fourth-order valence-corrected chi connectivity index (χ4v) is 6.15. The number of carbonyl (C=O) groups is 8. The molecule has 0 bridgehead atoms. The van der Waals surface area contributed by atoms with E-state index in [-0.39, 0.29) is 51.7 Å². The number of amides is 4. The number of aliphatic carboxylic acids is 4. The first kappa shape index (κ1) is 54.7. The summed E-state index contributed by atoms with van der Waals surface area (Å²) < 4.78 is 10.4. The minimum absolute atomic E-state index is 0.141. The van der Waals surface area contributed by atoms with Gasteiger partial charge in [-0.2, -0.15) is 0 Å². The highest BCUT2D eigenvalue weighted by Crippen LogP contribution is 2.15. The lowest BCUT2D eigenvalue weighted by Gasteiger charge is -2.18. The fourth-order valence-electron chi connectivity index (χ4n) is 6.15. The molecule has 0 aliphatic heterocycles. The van der Waals surface area contributed by atoms with Crippen LogP contribution < -0.4 is 21.3 Å². The van der Waals surface area contributed by atoms with Gasteiger partial charge in [-0.3, -0.25) is 24.0 Å². The van der Waals surface area contributed by atoms with Crippen LogP contribution in [0.15, 0.2) is 0 Å². The minimum atomic E-state index is -1.52. The van der Waals surface area contributed by atoms with Crippen molar-refractivity contribution in [2.45, 2.75) is 179 Å². The Morgan fingerprint density at radius 3 is 1.08 bits per heavy atom. The van der Waals surface area contributed by atoms with Crippen molar-refractivity contribution in [3.63, 3.8) is 0 Å². The van der Waals surface area contributed by atoms with Gasteiger partial charge in [-0.05, 0) is 39.0 Å². The summed E-state index contributed by atoms with van der Waals surface area (Å²) >= 11 is 0. The molecule has 0 aliphatic carbocycles. The zero-order chi connectivity index (χ0) is 44.1. The first-order valence-corrected chi connectivity index (χ1v) is 21.5. The number of rotatable bonds is 41. The fraction of sp³-hybridized carbons (Fsp3) is 0.805. The molecule has 0 radical (unpaired) electrons. The molecule has 1 unspecified atom stereocenters. The van der Waals surface area contributed by atoms with E-state index in [4.69, 9.17) is 14.6 Å². The second kappa shape index (κ2) is 36.7. The van der Waals surface area contributed by atoms with Gasteiger partial charge < -0.3 is 51.2 Å². The number of carboxylic acid groups (broad SMARTS) is 4. The van der Waals surface area contributed by atoms with Crippen LogP contribution in [0.3, 0.4) is 0 Å². The van der Waals surface area contributed by atoms with Gasteiger partial charge in [-0.25, -0.2) is 14.4 Å². The molecular weight excluding hydrogens is 772 g/mol. The standard InChI is InChI=1S/C41H72N4O14/c1-2-58-29-30-59-28-27-42-34(46)24-21-31(39(52)53)44-36(48)26-23-33(41(56)57)45-37(49)25-22-32(40(54)55)43-35(47)19-17-15-13-11-9-7-5-3-4-6-8-10-12-14-16-18-20-38(50)51/h31-33H,2-30H2,1H3,(H,42,46)(H,43,47)(H,44,48)(H,45,49)(H,50,51)(H,52,53)(H,54,55)(H,56,57)/t31-,32-,33?/m0/s1. The Hall–Kier alpha value is -4.32. The Balaban J connectivity index is 4.26. The van der Waals surface area contributed by atoms with Crippen LogP contribution in [0.1, 0.15) is 161 Å². The van der Waals surface area contributed by atoms with E-state index in [0.29, 0.717) is 26.2 Å². The molecule has 0 spiro atoms. The molecule has 0 saturated heterocycles. The molecule has 8 N–H and O–H groups in total. The lowest BCUT2D eigenvalue weighted by Crippen LogP contribution is -2.45. The Labute approximate surface area is 348 Å². The maximum Gasteiger partial charge on any atom is 0.326 e. The van der Waals surface area contributed by atoms with Crippen molar-refractivity contribution >= 4 is 47.5 Å². The van der Waals surface area contributed by atoms with Crippen LogP contribution in [0.2, 0.25) is 0 Å². The smallest absolute Gasteiger partial charge is 0.326 e. The van der Waals surface area contributed by atoms with Crippen LogP contribution in [-0.2, 0) is 47.8 Å². The van der Waals surface area contributed by atoms with Crippen molar-refractivity contribution in [3.8, 4) is 0 Å². The van der Waals surface area contributed by atoms with E-state index in [1.165, 1.54) is 51.4 Å². The molecule has 340 valence electrons. The van der Waals surface area contributed by atoms with Crippen molar-refractivity contribution in [2.75, 3.05) is 33.0 Å². The van der Waals surface area contributed by atoms with Gasteiger partial charge in [-0.15, -0.1) is 0 Å². The van der Waals surface area contributed by atoms with Crippen LogP contribution in [0.25, 0.3) is 0 Å². The molecule has 0 aliphatic rings. The highest BCUT2D eigenvalue weighted by molar-refractivity contribution is 5.87. The summed E-state index contributed by atoms with van der Waals surface area (Å²) in [5, 5.41) is 46.8. The molecule has 0 aromatic carbocycles. The maximum atomic E-state index is 12.5. The van der Waals surface area contributed by atoms with Gasteiger partial charge in [0.25, 0.3) is 0 Å². The number of hydrogen-bond donors (Lipinski definition) is 8. The van der Waals surface area contributed by atoms with Crippen LogP contribution in [0.4, 0.5) is 0 Å². The second-order valence-corrected chi connectivity index (χ2v) is 14.7. The summed E-state index contributed by atoms with van der Waals surface area (Å²) in [6, 6.07) is -4.29. The van der Waals surface area contributed by atoms with Crippen molar-refractivity contribution < 1.29 is 68.3 Å². The number of nitrogens with one attached hydrogen (secondary N) is 4. The van der Waals surface area contributed by atoms with Crippen LogP contribution >= 0.6 is 0 Å². The molecule has 0 rings (SSSR count). The summed E-state index contributed by atoms with van der Waals surface area (Å²) in [5.41, 5.74) is 0. The monoisotopic (exact) mass is 845 g/mol. The zero-order valence-corrected chi connectivity index (χ0v) is 35.1. The van der Waals surface area contributed by atoms with Crippen molar-refractivity contribution in [1.29, 1.82) is 0 Å². The van der Waals surface area contributed by atoms with E-state index in [0.717, 1.165) is 44.9 Å². The predicted octanol–water partition coefficient (Wildman–Crippen LogP) is 4.31. The van der Waals surface area contributed by atoms with Gasteiger partial charge in [0.2, 0.25) is 23.6 Å². The number of unbranched alkanes of at least 4 members (excludes halogenated alkanes) is 15. The Kier molecular flexibility index (Phi) is 34.0. The lowest BCUT2D eigenvalue weighted by atomic mass is 10.0. The Bertz CT molecular complexity index is 1230. The van der Waals surface area contributed by atoms with E-state index in [1.54, 1.807) is 0 Å². The Morgan fingerprint density at radius 2 is 0.729 bits per heavy atom. The molecule has 18 nitrogen and oxygen atoms in total. The van der Waals surface area contributed by atoms with E-state index in [1.807, 2.05) is 6.92 Å². The van der Waals surface area contributed by atoms with Crippen molar-refractivity contribution in [1.82, 2.24) is 21.3 Å². The molecule has 0 aromatic heterocycles. The summed E-state index contributed by atoms with van der Waals surface area (Å²) in [6.07, 6.45) is 15.6. The third-order valence-corrected chi connectivity index (χ3v) is 9.57. The number of ether oxygens (including phenoxy) is 2. The molecule has 0 aromatic rings. The number of carbonyl (C=O) groups excluding carboxylic acids is 4. The van der Waals surface area contributed by atoms with E-state index < -0.39 is 78.5 Å². The maximum absolute atomic E-state index is 12.5. The topological polar surface area (TPSA) is 284 Å². The molecular formula is C41H72N4O14. The van der Waals surface area contributed by atoms with Crippen LogP contribution in [-0.4, -0.2) is 119 Å². The third-order valence-electron chi connectivity index (χ3n) is 9.57. The summed E-state index contributed by atoms with van der Waals surface area (Å²) in [5.74, 6) is -7.40. The first-order valence-electron chi connectivity index (χ1n) is 21.5. The van der Waals surface area contributed by atoms with Crippen LogP contribution in [0, 0.1) is 0 Å². The van der Waals surface area contributed by atoms with Gasteiger partial charge in [0, 0.05) is 45.3 Å². The van der Waals surface area contributed by atoms with Gasteiger partial charge in [0.05, 0.1) is 19.8 Å². The molecule has 18 heteroatoms. The number of carboxylic acids is 4. The Morgan fingerprint density at radius 1 is 0.407 bits per heavy atom. The average Bonchev–Trinajstić information content (AvgIpc) is 3.18. The molecule has 0 fully saturated rings. The second-order valence-electron chi connectivity index (χ2n) is 14.7. The molecule has 4 amide bonds. The van der Waals surface area contributed by atoms with E-state index >= 15 is 0 Å². The predicted molar refractivity (Wildman–Crippen MR) is 217 cm³/mol.